The lowest BCUT2D eigenvalue weighted by Crippen LogP contribution is -2.14. The highest BCUT2D eigenvalue weighted by Crippen LogP contribution is 2.21. The highest BCUT2D eigenvalue weighted by Gasteiger charge is 2.18. The number of hydrogen-bond acceptors (Lipinski definition) is 3. The number of aromatic nitrogens is 2. The van der Waals surface area contributed by atoms with Gasteiger partial charge in [-0.2, -0.15) is 5.10 Å². The number of carboxylic acids is 1. The molecule has 0 spiro atoms. The Balaban J connectivity index is 2.07. The number of carboxylic acid groups (broad SMARTS) is 1. The number of nitrogens with one attached hydrogen (secondary N) is 1. The van der Waals surface area contributed by atoms with Gasteiger partial charge in [0.05, 0.1) is 16.6 Å². The summed E-state index contributed by atoms with van der Waals surface area (Å²) in [5.74, 6) is -1.67. The fourth-order valence-corrected chi connectivity index (χ4v) is 2.33. The van der Waals surface area contributed by atoms with Crippen molar-refractivity contribution >= 4 is 29.2 Å². The number of halogens is 1. The third-order valence-electron chi connectivity index (χ3n) is 3.65. The minimum Gasteiger partial charge on any atom is -0.481 e. The van der Waals surface area contributed by atoms with Crippen molar-refractivity contribution in [2.45, 2.75) is 20.3 Å². The summed E-state index contributed by atoms with van der Waals surface area (Å²) in [6.07, 6.45) is 0.439. The van der Waals surface area contributed by atoms with Crippen LogP contribution in [0.4, 0.5) is 5.69 Å². The number of aryl methyl sites for hydroxylation is 1. The molecule has 0 radical (unpaired) electrons. The molecule has 7 heteroatoms. The zero-order chi connectivity index (χ0) is 17.1. The molecule has 23 heavy (non-hydrogen) atoms. The fourth-order valence-electron chi connectivity index (χ4n) is 2.08. The van der Waals surface area contributed by atoms with E-state index in [1.165, 1.54) is 0 Å². The molecule has 0 aliphatic heterocycles. The summed E-state index contributed by atoms with van der Waals surface area (Å²) in [7, 11) is 1.72. The summed E-state index contributed by atoms with van der Waals surface area (Å²) >= 11 is 6.09. The third-order valence-corrected chi connectivity index (χ3v) is 4.10. The van der Waals surface area contributed by atoms with Crippen LogP contribution in [0.15, 0.2) is 24.3 Å². The molecular formula is C16H18ClN3O3. The first-order valence-electron chi connectivity index (χ1n) is 7.11. The summed E-state index contributed by atoms with van der Waals surface area (Å²) in [4.78, 5) is 23.1. The average Bonchev–Trinajstić information content (AvgIpc) is 2.76. The van der Waals surface area contributed by atoms with Crippen LogP contribution in [0.25, 0.3) is 0 Å². The van der Waals surface area contributed by atoms with Crippen LogP contribution in [0.2, 0.25) is 5.02 Å². The van der Waals surface area contributed by atoms with E-state index < -0.39 is 11.9 Å². The van der Waals surface area contributed by atoms with Crippen LogP contribution in [0.5, 0.6) is 0 Å². The van der Waals surface area contributed by atoms with E-state index in [0.717, 1.165) is 11.3 Å². The molecule has 6 nitrogen and oxygen atoms in total. The van der Waals surface area contributed by atoms with Gasteiger partial charge in [-0.15, -0.1) is 0 Å². The molecule has 2 N–H and O–H groups in total. The predicted octanol–water partition coefficient (Wildman–Crippen LogP) is 2.90. The van der Waals surface area contributed by atoms with Crippen molar-refractivity contribution < 1.29 is 14.7 Å². The maximum Gasteiger partial charge on any atom is 0.306 e. The van der Waals surface area contributed by atoms with Gasteiger partial charge in [0.1, 0.15) is 0 Å². The van der Waals surface area contributed by atoms with Gasteiger partial charge in [0.15, 0.2) is 5.69 Å². The van der Waals surface area contributed by atoms with Crippen molar-refractivity contribution in [1.29, 1.82) is 0 Å². The van der Waals surface area contributed by atoms with Gasteiger partial charge in [-0.1, -0.05) is 30.7 Å². The molecule has 2 rings (SSSR count). The molecule has 0 aliphatic carbocycles. The maximum absolute atomic E-state index is 12.2. The Morgan fingerprint density at radius 1 is 1.35 bits per heavy atom. The Labute approximate surface area is 139 Å². The van der Waals surface area contributed by atoms with E-state index in [9.17, 15) is 9.59 Å². The van der Waals surface area contributed by atoms with Crippen molar-refractivity contribution in [3.05, 3.63) is 46.2 Å². The van der Waals surface area contributed by atoms with E-state index in [1.807, 2.05) is 0 Å². The lowest BCUT2D eigenvalue weighted by atomic mass is 10.0. The first-order valence-corrected chi connectivity index (χ1v) is 7.49. The third kappa shape index (κ3) is 3.90. The standard InChI is InChI=1S/C16H18ClN3O3/c1-9(16(22)23)8-11-4-6-12(7-5-11)18-15(21)14-13(17)10(2)20(3)19-14/h4-7,9H,8H2,1-3H3,(H,18,21)(H,22,23). The van der Waals surface area contributed by atoms with Gasteiger partial charge in [-0.05, 0) is 31.0 Å². The second-order valence-electron chi connectivity index (χ2n) is 5.47. The topological polar surface area (TPSA) is 84.2 Å². The van der Waals surface area contributed by atoms with Gasteiger partial charge < -0.3 is 10.4 Å². The van der Waals surface area contributed by atoms with Crippen LogP contribution in [0, 0.1) is 12.8 Å². The van der Waals surface area contributed by atoms with E-state index in [-0.39, 0.29) is 11.6 Å². The van der Waals surface area contributed by atoms with E-state index >= 15 is 0 Å². The van der Waals surface area contributed by atoms with Gasteiger partial charge in [0.25, 0.3) is 5.91 Å². The number of amides is 1. The summed E-state index contributed by atoms with van der Waals surface area (Å²) < 4.78 is 1.55. The number of anilines is 1. The van der Waals surface area contributed by atoms with Gasteiger partial charge in [-0.25, -0.2) is 0 Å². The second-order valence-corrected chi connectivity index (χ2v) is 5.84. The zero-order valence-corrected chi connectivity index (χ0v) is 13.9. The van der Waals surface area contributed by atoms with Crippen LogP contribution >= 0.6 is 11.6 Å². The highest BCUT2D eigenvalue weighted by molar-refractivity contribution is 6.34. The van der Waals surface area contributed by atoms with Gasteiger partial charge in [0, 0.05) is 12.7 Å². The van der Waals surface area contributed by atoms with Gasteiger partial charge in [0.2, 0.25) is 0 Å². The number of hydrogen-bond donors (Lipinski definition) is 2. The Bertz CT molecular complexity index is 738. The minimum absolute atomic E-state index is 0.176. The summed E-state index contributed by atoms with van der Waals surface area (Å²) in [5, 5.41) is 16.1. The van der Waals surface area contributed by atoms with Crippen LogP contribution in [0.3, 0.4) is 0 Å². The Morgan fingerprint density at radius 2 is 1.96 bits per heavy atom. The zero-order valence-electron chi connectivity index (χ0n) is 13.1. The van der Waals surface area contributed by atoms with Crippen molar-refractivity contribution in [2.24, 2.45) is 13.0 Å². The highest BCUT2D eigenvalue weighted by atomic mass is 35.5. The number of rotatable bonds is 5. The molecule has 1 heterocycles. The van der Waals surface area contributed by atoms with Crippen LogP contribution in [-0.4, -0.2) is 26.8 Å². The van der Waals surface area contributed by atoms with E-state index in [4.69, 9.17) is 16.7 Å². The van der Waals surface area contributed by atoms with E-state index in [0.29, 0.717) is 17.1 Å². The molecule has 2 aromatic rings. The van der Waals surface area contributed by atoms with Crippen LogP contribution in [-0.2, 0) is 18.3 Å². The number of carbonyl (C=O) groups is 2. The fraction of sp³-hybridized carbons (Fsp3) is 0.312. The molecule has 0 aliphatic rings. The predicted molar refractivity (Wildman–Crippen MR) is 87.9 cm³/mol. The Kier molecular flexibility index (Phi) is 5.05. The van der Waals surface area contributed by atoms with Crippen LogP contribution < -0.4 is 5.32 Å². The Morgan fingerprint density at radius 3 is 2.43 bits per heavy atom. The molecule has 122 valence electrons. The molecule has 0 fully saturated rings. The van der Waals surface area contributed by atoms with E-state index in [1.54, 1.807) is 49.8 Å². The maximum atomic E-state index is 12.2. The minimum atomic E-state index is -0.831. The molecule has 1 aromatic carbocycles. The van der Waals surface area contributed by atoms with Crippen molar-refractivity contribution in [2.75, 3.05) is 5.32 Å². The van der Waals surface area contributed by atoms with Crippen molar-refractivity contribution in [3.63, 3.8) is 0 Å². The number of benzene rings is 1. The lowest BCUT2D eigenvalue weighted by molar-refractivity contribution is -0.141. The van der Waals surface area contributed by atoms with Gasteiger partial charge in [-0.3, -0.25) is 14.3 Å². The smallest absolute Gasteiger partial charge is 0.306 e. The average molecular weight is 336 g/mol. The molecule has 0 saturated carbocycles. The number of carbonyl (C=O) groups excluding carboxylic acids is 1. The summed E-state index contributed by atoms with van der Waals surface area (Å²) in [5.41, 5.74) is 2.38. The second kappa shape index (κ2) is 6.83. The molecular weight excluding hydrogens is 318 g/mol. The SMILES string of the molecule is Cc1c(Cl)c(C(=O)Nc2ccc(CC(C)C(=O)O)cc2)nn1C. The normalized spacial score (nSPS) is 12.0. The lowest BCUT2D eigenvalue weighted by Gasteiger charge is -2.08. The first kappa shape index (κ1) is 17.0. The number of aliphatic carboxylic acids is 1. The quantitative estimate of drug-likeness (QED) is 0.880. The van der Waals surface area contributed by atoms with Crippen molar-refractivity contribution in [1.82, 2.24) is 9.78 Å². The Hall–Kier alpha value is -2.34. The molecule has 1 unspecified atom stereocenters. The van der Waals surface area contributed by atoms with E-state index in [2.05, 4.69) is 10.4 Å². The van der Waals surface area contributed by atoms with Crippen LogP contribution in [0.1, 0.15) is 28.7 Å². The molecule has 1 aromatic heterocycles. The molecule has 1 amide bonds. The van der Waals surface area contributed by atoms with Crippen molar-refractivity contribution in [3.8, 4) is 0 Å². The monoisotopic (exact) mass is 335 g/mol. The molecule has 0 saturated heterocycles. The summed E-state index contributed by atoms with van der Waals surface area (Å²) in [6.45, 7) is 3.44. The summed E-state index contributed by atoms with van der Waals surface area (Å²) in [6, 6.07) is 7.04. The van der Waals surface area contributed by atoms with Gasteiger partial charge >= 0.3 is 5.97 Å². The largest absolute Gasteiger partial charge is 0.481 e. The number of nitrogens with zero attached hydrogens (tertiary/aromatic N) is 2. The first-order chi connectivity index (χ1) is 10.8. The molecule has 0 bridgehead atoms. The molecule has 1 atom stereocenters.